The van der Waals surface area contributed by atoms with Crippen LogP contribution in [0.3, 0.4) is 0 Å². The molecule has 0 aliphatic heterocycles. The van der Waals surface area contributed by atoms with Gasteiger partial charge in [-0.2, -0.15) is 5.10 Å². The zero-order valence-electron chi connectivity index (χ0n) is 11.6. The number of benzene rings is 1. The first-order chi connectivity index (χ1) is 9.55. The third-order valence-electron chi connectivity index (χ3n) is 3.30. The van der Waals surface area contributed by atoms with Crippen molar-refractivity contribution in [3.63, 3.8) is 0 Å². The van der Waals surface area contributed by atoms with E-state index in [0.29, 0.717) is 6.54 Å². The minimum absolute atomic E-state index is 0.105. The summed E-state index contributed by atoms with van der Waals surface area (Å²) in [6.45, 7) is 4.65. The van der Waals surface area contributed by atoms with Crippen LogP contribution < -0.4 is 0 Å². The largest absolute Gasteiger partial charge is 0.388 e. The van der Waals surface area contributed by atoms with Crippen molar-refractivity contribution >= 4 is 0 Å². The lowest BCUT2D eigenvalue weighted by atomic mass is 10.0. The molecule has 0 bridgehead atoms. The van der Waals surface area contributed by atoms with Crippen molar-refractivity contribution in [3.8, 4) is 0 Å². The fourth-order valence-electron chi connectivity index (χ4n) is 2.21. The van der Waals surface area contributed by atoms with Gasteiger partial charge in [-0.15, -0.1) is 0 Å². The van der Waals surface area contributed by atoms with Crippen LogP contribution in [-0.4, -0.2) is 14.9 Å². The Bertz CT molecular complexity index is 596. The molecule has 0 amide bonds. The molecule has 3 nitrogen and oxygen atoms in total. The molecule has 0 aliphatic carbocycles. The molecule has 1 unspecified atom stereocenters. The van der Waals surface area contributed by atoms with Gasteiger partial charge in [0, 0.05) is 30.3 Å². The normalized spacial score (nSPS) is 12.7. The molecule has 1 aromatic heterocycles. The van der Waals surface area contributed by atoms with Gasteiger partial charge in [-0.25, -0.2) is 8.78 Å². The maximum atomic E-state index is 13.6. The fraction of sp³-hybridized carbons (Fsp3) is 0.400. The number of aromatic nitrogens is 2. The number of halogens is 2. The average molecular weight is 280 g/mol. The van der Waals surface area contributed by atoms with Crippen LogP contribution in [0.5, 0.6) is 0 Å². The lowest BCUT2D eigenvalue weighted by molar-refractivity contribution is 0.170. The van der Waals surface area contributed by atoms with Gasteiger partial charge < -0.3 is 5.11 Å². The van der Waals surface area contributed by atoms with Crippen LogP contribution >= 0.6 is 0 Å². The van der Waals surface area contributed by atoms with Gasteiger partial charge in [0.05, 0.1) is 11.8 Å². The molecule has 1 aromatic carbocycles. The molecule has 0 fully saturated rings. The van der Waals surface area contributed by atoms with E-state index in [1.807, 2.05) is 19.9 Å². The number of nitrogens with zero attached hydrogens (tertiary/aromatic N) is 2. The second-order valence-electron chi connectivity index (χ2n) is 4.68. The second-order valence-corrected chi connectivity index (χ2v) is 4.68. The van der Waals surface area contributed by atoms with Gasteiger partial charge in [0.25, 0.3) is 0 Å². The summed E-state index contributed by atoms with van der Waals surface area (Å²) in [5, 5.41) is 14.5. The first-order valence-corrected chi connectivity index (χ1v) is 6.73. The molecule has 0 spiro atoms. The molecule has 5 heteroatoms. The Morgan fingerprint density at radius 1 is 1.25 bits per heavy atom. The summed E-state index contributed by atoms with van der Waals surface area (Å²) in [7, 11) is 0. The van der Waals surface area contributed by atoms with E-state index in [9.17, 15) is 13.9 Å². The predicted molar refractivity (Wildman–Crippen MR) is 72.3 cm³/mol. The van der Waals surface area contributed by atoms with E-state index >= 15 is 0 Å². The van der Waals surface area contributed by atoms with E-state index < -0.39 is 17.7 Å². The van der Waals surface area contributed by atoms with Gasteiger partial charge in [-0.3, -0.25) is 4.68 Å². The third-order valence-corrected chi connectivity index (χ3v) is 3.30. The molecule has 108 valence electrons. The average Bonchev–Trinajstić information content (AvgIpc) is 2.80. The first kappa shape index (κ1) is 14.7. The number of aryl methyl sites for hydroxylation is 2. The standard InChI is InChI=1S/C15H18F2N2O/c1-3-11-8-12(19(4-2)18-11)9-15(20)13-6-5-10(16)7-14(13)17/h5-8,15,20H,3-4,9H2,1-2H3. The van der Waals surface area contributed by atoms with Gasteiger partial charge in [0.1, 0.15) is 11.6 Å². The molecule has 2 rings (SSSR count). The maximum absolute atomic E-state index is 13.6. The van der Waals surface area contributed by atoms with Crippen LogP contribution in [0.4, 0.5) is 8.78 Å². The van der Waals surface area contributed by atoms with Crippen LogP contribution in [0, 0.1) is 11.6 Å². The quantitative estimate of drug-likeness (QED) is 0.914. The molecular formula is C15H18F2N2O. The molecule has 0 radical (unpaired) electrons. The number of aliphatic hydroxyl groups is 1. The number of hydrogen-bond acceptors (Lipinski definition) is 2. The van der Waals surface area contributed by atoms with Gasteiger partial charge in [0.15, 0.2) is 0 Å². The van der Waals surface area contributed by atoms with Crippen molar-refractivity contribution in [1.29, 1.82) is 0 Å². The summed E-state index contributed by atoms with van der Waals surface area (Å²) in [5.41, 5.74) is 1.89. The van der Waals surface area contributed by atoms with E-state index in [1.54, 1.807) is 4.68 Å². The molecule has 0 saturated carbocycles. The van der Waals surface area contributed by atoms with Gasteiger partial charge in [0.2, 0.25) is 0 Å². The van der Waals surface area contributed by atoms with Crippen LogP contribution in [0.1, 0.15) is 36.9 Å². The highest BCUT2D eigenvalue weighted by molar-refractivity contribution is 5.23. The Morgan fingerprint density at radius 3 is 2.60 bits per heavy atom. The van der Waals surface area contributed by atoms with Crippen LogP contribution in [-0.2, 0) is 19.4 Å². The summed E-state index contributed by atoms with van der Waals surface area (Å²) < 4.78 is 28.3. The van der Waals surface area contributed by atoms with Crippen molar-refractivity contribution in [2.45, 2.75) is 39.3 Å². The summed E-state index contributed by atoms with van der Waals surface area (Å²) >= 11 is 0. The van der Waals surface area contributed by atoms with Crippen molar-refractivity contribution in [2.75, 3.05) is 0 Å². The Balaban J connectivity index is 2.22. The van der Waals surface area contributed by atoms with E-state index in [4.69, 9.17) is 0 Å². The van der Waals surface area contributed by atoms with E-state index in [0.717, 1.165) is 29.9 Å². The SMILES string of the molecule is CCc1cc(CC(O)c2ccc(F)cc2F)n(CC)n1. The summed E-state index contributed by atoms with van der Waals surface area (Å²) in [4.78, 5) is 0. The predicted octanol–water partition coefficient (Wildman–Crippen LogP) is 3.02. The van der Waals surface area contributed by atoms with E-state index in [1.165, 1.54) is 6.07 Å². The monoisotopic (exact) mass is 280 g/mol. The second kappa shape index (κ2) is 6.13. The summed E-state index contributed by atoms with van der Waals surface area (Å²) in [6.07, 6.45) is 0.0482. The molecule has 1 atom stereocenters. The zero-order valence-corrected chi connectivity index (χ0v) is 11.6. The minimum atomic E-state index is -1.01. The highest BCUT2D eigenvalue weighted by Crippen LogP contribution is 2.22. The van der Waals surface area contributed by atoms with E-state index in [-0.39, 0.29) is 12.0 Å². The highest BCUT2D eigenvalue weighted by atomic mass is 19.1. The molecular weight excluding hydrogens is 262 g/mol. The molecule has 0 saturated heterocycles. The minimum Gasteiger partial charge on any atom is -0.388 e. The Hall–Kier alpha value is -1.75. The topological polar surface area (TPSA) is 38.0 Å². The highest BCUT2D eigenvalue weighted by Gasteiger charge is 2.17. The smallest absolute Gasteiger partial charge is 0.131 e. The molecule has 0 aliphatic rings. The van der Waals surface area contributed by atoms with Crippen LogP contribution in [0.15, 0.2) is 24.3 Å². The Labute approximate surface area is 116 Å². The van der Waals surface area contributed by atoms with Gasteiger partial charge >= 0.3 is 0 Å². The third kappa shape index (κ3) is 3.04. The van der Waals surface area contributed by atoms with Crippen molar-refractivity contribution in [3.05, 3.63) is 52.9 Å². The molecule has 1 N–H and O–H groups in total. The van der Waals surface area contributed by atoms with E-state index in [2.05, 4.69) is 5.10 Å². The Morgan fingerprint density at radius 2 is 2.00 bits per heavy atom. The molecule has 2 aromatic rings. The number of hydrogen-bond donors (Lipinski definition) is 1. The van der Waals surface area contributed by atoms with Crippen LogP contribution in [0.2, 0.25) is 0 Å². The van der Waals surface area contributed by atoms with Gasteiger partial charge in [-0.1, -0.05) is 13.0 Å². The Kier molecular flexibility index (Phi) is 4.49. The van der Waals surface area contributed by atoms with Crippen molar-refractivity contribution in [2.24, 2.45) is 0 Å². The number of aliphatic hydroxyl groups excluding tert-OH is 1. The lowest BCUT2D eigenvalue weighted by Gasteiger charge is -2.12. The lowest BCUT2D eigenvalue weighted by Crippen LogP contribution is -2.09. The number of rotatable bonds is 5. The van der Waals surface area contributed by atoms with Gasteiger partial charge in [-0.05, 0) is 25.5 Å². The molecule has 1 heterocycles. The first-order valence-electron chi connectivity index (χ1n) is 6.73. The summed E-state index contributed by atoms with van der Waals surface area (Å²) in [6, 6.07) is 5.13. The van der Waals surface area contributed by atoms with Crippen molar-refractivity contribution < 1.29 is 13.9 Å². The maximum Gasteiger partial charge on any atom is 0.131 e. The summed E-state index contributed by atoms with van der Waals surface area (Å²) in [5.74, 6) is -1.37. The molecule has 20 heavy (non-hydrogen) atoms. The van der Waals surface area contributed by atoms with Crippen molar-refractivity contribution in [1.82, 2.24) is 9.78 Å². The van der Waals surface area contributed by atoms with Crippen LogP contribution in [0.25, 0.3) is 0 Å². The fourth-order valence-corrected chi connectivity index (χ4v) is 2.21. The zero-order chi connectivity index (χ0) is 14.7.